The van der Waals surface area contributed by atoms with E-state index >= 15 is 0 Å². The molecule has 0 saturated carbocycles. The first-order chi connectivity index (χ1) is 6.54. The smallest absolute Gasteiger partial charge is 0.306 e. The molecule has 2 N–H and O–H groups in total. The molecule has 0 fully saturated rings. The normalized spacial score (nSPS) is 16.3. The lowest BCUT2D eigenvalue weighted by Gasteiger charge is -2.29. The van der Waals surface area contributed by atoms with Crippen molar-refractivity contribution in [3.8, 4) is 0 Å². The molecule has 0 aliphatic carbocycles. The highest BCUT2D eigenvalue weighted by Gasteiger charge is 2.25. The van der Waals surface area contributed by atoms with Crippen molar-refractivity contribution in [1.29, 1.82) is 0 Å². The first kappa shape index (κ1) is 14.4. The Balaban J connectivity index is 4.02. The maximum absolute atomic E-state index is 11.5. The third kappa shape index (κ3) is 6.50. The van der Waals surface area contributed by atoms with E-state index in [0.29, 0.717) is 18.8 Å². The second-order valence-electron chi connectivity index (χ2n) is 5.75. The molecule has 0 spiro atoms. The lowest BCUT2D eigenvalue weighted by molar-refractivity contribution is -0.155. The van der Waals surface area contributed by atoms with Crippen molar-refractivity contribution < 1.29 is 9.53 Å². The Bertz CT molecular complexity index is 214. The van der Waals surface area contributed by atoms with Crippen LogP contribution in [0.5, 0.6) is 0 Å². The molecule has 0 aromatic heterocycles. The first-order valence-corrected chi connectivity index (χ1v) is 5.55. The van der Waals surface area contributed by atoms with Gasteiger partial charge in [-0.15, -0.1) is 0 Å². The molecule has 0 aliphatic heterocycles. The Morgan fingerprint density at radius 1 is 1.27 bits per heavy atom. The fourth-order valence-corrected chi connectivity index (χ4v) is 1.05. The molecular formula is C12H25NO2. The molecule has 0 rings (SSSR count). The molecule has 0 aromatic rings. The van der Waals surface area contributed by atoms with Gasteiger partial charge in [0.25, 0.3) is 0 Å². The fraction of sp³-hybridized carbons (Fsp3) is 0.917. The van der Waals surface area contributed by atoms with Crippen molar-refractivity contribution in [2.24, 2.45) is 11.7 Å². The van der Waals surface area contributed by atoms with Crippen molar-refractivity contribution in [3.05, 3.63) is 0 Å². The Morgan fingerprint density at radius 3 is 2.07 bits per heavy atom. The molecule has 0 bridgehead atoms. The van der Waals surface area contributed by atoms with E-state index in [2.05, 4.69) is 13.8 Å². The third-order valence-corrected chi connectivity index (χ3v) is 2.61. The number of carbonyl (C=O) groups is 1. The number of rotatable bonds is 4. The van der Waals surface area contributed by atoms with Crippen LogP contribution in [-0.2, 0) is 9.53 Å². The molecular weight excluding hydrogens is 190 g/mol. The van der Waals surface area contributed by atoms with Crippen LogP contribution in [0.3, 0.4) is 0 Å². The quantitative estimate of drug-likeness (QED) is 0.733. The summed E-state index contributed by atoms with van der Waals surface area (Å²) in [7, 11) is 0. The standard InChI is InChI=1S/C12H25NO2/c1-9(2)12(6,13)8-7-10(14)15-11(3,4)5/h9H,7-8,13H2,1-6H3. The molecule has 1 atom stereocenters. The molecule has 0 aromatic carbocycles. The Labute approximate surface area is 93.4 Å². The molecule has 3 nitrogen and oxygen atoms in total. The lowest BCUT2D eigenvalue weighted by Crippen LogP contribution is -2.42. The molecule has 0 radical (unpaired) electrons. The van der Waals surface area contributed by atoms with Gasteiger partial charge in [0.2, 0.25) is 0 Å². The molecule has 1 unspecified atom stereocenters. The van der Waals surface area contributed by atoms with Gasteiger partial charge >= 0.3 is 5.97 Å². The van der Waals surface area contributed by atoms with Gasteiger partial charge in [-0.05, 0) is 40.0 Å². The van der Waals surface area contributed by atoms with Gasteiger partial charge in [-0.2, -0.15) is 0 Å². The third-order valence-electron chi connectivity index (χ3n) is 2.61. The van der Waals surface area contributed by atoms with Gasteiger partial charge in [-0.1, -0.05) is 13.8 Å². The van der Waals surface area contributed by atoms with Gasteiger partial charge in [0.05, 0.1) is 0 Å². The second kappa shape index (κ2) is 4.97. The van der Waals surface area contributed by atoms with Gasteiger partial charge in [0.15, 0.2) is 0 Å². The summed E-state index contributed by atoms with van der Waals surface area (Å²) in [6.07, 6.45) is 1.06. The molecule has 0 saturated heterocycles. The van der Waals surface area contributed by atoms with Crippen LogP contribution < -0.4 is 5.73 Å². The first-order valence-electron chi connectivity index (χ1n) is 5.55. The number of esters is 1. The average Bonchev–Trinajstić information content (AvgIpc) is 1.97. The maximum Gasteiger partial charge on any atom is 0.306 e. The lowest BCUT2D eigenvalue weighted by atomic mass is 9.85. The predicted octanol–water partition coefficient (Wildman–Crippen LogP) is 2.48. The molecule has 15 heavy (non-hydrogen) atoms. The topological polar surface area (TPSA) is 52.3 Å². The second-order valence-corrected chi connectivity index (χ2v) is 5.75. The number of carbonyl (C=O) groups excluding carboxylic acids is 1. The van der Waals surface area contributed by atoms with E-state index in [9.17, 15) is 4.79 Å². The van der Waals surface area contributed by atoms with Crippen LogP contribution in [0.2, 0.25) is 0 Å². The van der Waals surface area contributed by atoms with E-state index in [1.807, 2.05) is 27.7 Å². The molecule has 0 aliphatic rings. The summed E-state index contributed by atoms with van der Waals surface area (Å²) in [5.41, 5.74) is 5.37. The molecule has 3 heteroatoms. The molecule has 0 heterocycles. The van der Waals surface area contributed by atoms with Crippen LogP contribution in [0.4, 0.5) is 0 Å². The minimum absolute atomic E-state index is 0.167. The zero-order chi connectivity index (χ0) is 12.3. The van der Waals surface area contributed by atoms with Crippen molar-refractivity contribution >= 4 is 5.97 Å². The maximum atomic E-state index is 11.5. The summed E-state index contributed by atoms with van der Waals surface area (Å²) in [4.78, 5) is 11.5. The zero-order valence-corrected chi connectivity index (χ0v) is 10.9. The van der Waals surface area contributed by atoms with Crippen LogP contribution in [-0.4, -0.2) is 17.1 Å². The Kier molecular flexibility index (Phi) is 4.78. The van der Waals surface area contributed by atoms with Crippen molar-refractivity contribution in [1.82, 2.24) is 0 Å². The number of hydrogen-bond donors (Lipinski definition) is 1. The fourth-order valence-electron chi connectivity index (χ4n) is 1.05. The van der Waals surface area contributed by atoms with Crippen LogP contribution in [0.25, 0.3) is 0 Å². The van der Waals surface area contributed by atoms with E-state index in [0.717, 1.165) is 0 Å². The van der Waals surface area contributed by atoms with Crippen LogP contribution in [0, 0.1) is 5.92 Å². The highest BCUT2D eigenvalue weighted by atomic mass is 16.6. The van der Waals surface area contributed by atoms with Crippen molar-refractivity contribution in [3.63, 3.8) is 0 Å². The monoisotopic (exact) mass is 215 g/mol. The van der Waals surface area contributed by atoms with E-state index in [-0.39, 0.29) is 11.5 Å². The van der Waals surface area contributed by atoms with E-state index < -0.39 is 5.60 Å². The van der Waals surface area contributed by atoms with Gasteiger partial charge in [0.1, 0.15) is 5.60 Å². The summed E-state index contributed by atoms with van der Waals surface area (Å²) in [6, 6.07) is 0. The average molecular weight is 215 g/mol. The van der Waals surface area contributed by atoms with Crippen molar-refractivity contribution in [2.45, 2.75) is 65.5 Å². The summed E-state index contributed by atoms with van der Waals surface area (Å²) in [5, 5.41) is 0. The minimum Gasteiger partial charge on any atom is -0.460 e. The highest BCUT2D eigenvalue weighted by molar-refractivity contribution is 5.69. The predicted molar refractivity (Wildman–Crippen MR) is 62.5 cm³/mol. The number of nitrogens with two attached hydrogens (primary N) is 1. The van der Waals surface area contributed by atoms with Crippen LogP contribution in [0.1, 0.15) is 54.4 Å². The van der Waals surface area contributed by atoms with Gasteiger partial charge in [-0.25, -0.2) is 0 Å². The van der Waals surface area contributed by atoms with E-state index in [4.69, 9.17) is 10.5 Å². The van der Waals surface area contributed by atoms with Crippen molar-refractivity contribution in [2.75, 3.05) is 0 Å². The van der Waals surface area contributed by atoms with Gasteiger partial charge < -0.3 is 10.5 Å². The SMILES string of the molecule is CC(C)C(C)(N)CCC(=O)OC(C)(C)C. The Hall–Kier alpha value is -0.570. The summed E-state index contributed by atoms with van der Waals surface area (Å²) in [6.45, 7) is 11.7. The minimum atomic E-state index is -0.403. The van der Waals surface area contributed by atoms with Gasteiger partial charge in [0, 0.05) is 12.0 Å². The summed E-state index contributed by atoms with van der Waals surface area (Å²) < 4.78 is 5.22. The van der Waals surface area contributed by atoms with E-state index in [1.54, 1.807) is 0 Å². The van der Waals surface area contributed by atoms with Crippen LogP contribution in [0.15, 0.2) is 0 Å². The number of hydrogen-bond acceptors (Lipinski definition) is 3. The molecule has 90 valence electrons. The highest BCUT2D eigenvalue weighted by Crippen LogP contribution is 2.20. The van der Waals surface area contributed by atoms with Gasteiger partial charge in [-0.3, -0.25) is 4.79 Å². The zero-order valence-electron chi connectivity index (χ0n) is 10.9. The van der Waals surface area contributed by atoms with E-state index in [1.165, 1.54) is 0 Å². The van der Waals surface area contributed by atoms with Crippen LogP contribution >= 0.6 is 0 Å². The summed E-state index contributed by atoms with van der Waals surface area (Å²) in [5.74, 6) is 0.194. The molecule has 0 amide bonds. The summed E-state index contributed by atoms with van der Waals surface area (Å²) >= 11 is 0. The largest absolute Gasteiger partial charge is 0.460 e. The Morgan fingerprint density at radius 2 is 1.73 bits per heavy atom. The number of ether oxygens (including phenoxy) is 1.